The van der Waals surface area contributed by atoms with Crippen LogP contribution in [-0.2, 0) is 18.0 Å². The van der Waals surface area contributed by atoms with Gasteiger partial charge in [-0.15, -0.1) is 0 Å². The highest BCUT2D eigenvalue weighted by Crippen LogP contribution is 2.40. The minimum absolute atomic E-state index is 0.0191. The second kappa shape index (κ2) is 7.38. The molecule has 1 unspecified atom stereocenters. The monoisotopic (exact) mass is 461 g/mol. The second-order valence-electron chi connectivity index (χ2n) is 6.16. The number of nitrogens with zero attached hydrogens (tertiary/aromatic N) is 2. The molecule has 0 radical (unpaired) electrons. The summed E-state index contributed by atoms with van der Waals surface area (Å²) in [6, 6.07) is 1.13. The fraction of sp³-hybridized carbons (Fsp3) is 0.176. The molecular weight excluding hydrogens is 451 g/mol. The number of aliphatic carboxylic acids is 1. The highest BCUT2D eigenvalue weighted by molar-refractivity contribution is 7.17. The second-order valence-corrected chi connectivity index (χ2v) is 7.58. The van der Waals surface area contributed by atoms with Gasteiger partial charge in [-0.25, -0.2) is 0 Å². The van der Waals surface area contributed by atoms with E-state index in [1.165, 1.54) is 19.2 Å². The Morgan fingerprint density at radius 3 is 2.47 bits per heavy atom. The van der Waals surface area contributed by atoms with Crippen LogP contribution in [0.4, 0.5) is 13.2 Å². The Balaban J connectivity index is 2.33. The number of fused-ring (bicyclic) bond motifs is 1. The van der Waals surface area contributed by atoms with Crippen LogP contribution in [-0.4, -0.2) is 37.8 Å². The number of hydrogen-bond acceptors (Lipinski definition) is 7. The van der Waals surface area contributed by atoms with Gasteiger partial charge in [0.2, 0.25) is 4.74 Å². The van der Waals surface area contributed by atoms with Gasteiger partial charge in [-0.05, 0) is 18.2 Å². The molecule has 0 spiro atoms. The number of rotatable bonds is 4. The molecule has 0 aliphatic carbocycles. The van der Waals surface area contributed by atoms with Crippen LogP contribution in [0.3, 0.4) is 0 Å². The van der Waals surface area contributed by atoms with Crippen molar-refractivity contribution in [1.82, 2.24) is 9.78 Å². The predicted molar refractivity (Wildman–Crippen MR) is 102 cm³/mol. The summed E-state index contributed by atoms with van der Waals surface area (Å²) in [5, 5.41) is 22.7. The molecule has 0 aliphatic heterocycles. The first-order valence-corrected chi connectivity index (χ1v) is 9.16. The van der Waals surface area contributed by atoms with Gasteiger partial charge in [-0.3, -0.25) is 19.1 Å². The molecule has 0 saturated heterocycles. The van der Waals surface area contributed by atoms with E-state index in [0.29, 0.717) is 11.3 Å². The normalized spacial score (nSPS) is 12.9. The number of aromatic hydroxyl groups is 1. The van der Waals surface area contributed by atoms with Gasteiger partial charge in [0.15, 0.2) is 17.5 Å². The molecular formula is C17H11ClF3N3O5S. The van der Waals surface area contributed by atoms with E-state index < -0.39 is 45.7 Å². The third-order valence-corrected chi connectivity index (χ3v) is 5.44. The maximum absolute atomic E-state index is 13.0. The van der Waals surface area contributed by atoms with Crippen molar-refractivity contribution in [3.8, 4) is 17.0 Å². The Morgan fingerprint density at radius 2 is 1.93 bits per heavy atom. The first-order valence-electron chi connectivity index (χ1n) is 7.96. The topological polar surface area (TPSA) is 136 Å². The number of carbonyl (C=O) groups excluding carboxylic acids is 1. The van der Waals surface area contributed by atoms with Crippen LogP contribution in [0.2, 0.25) is 5.02 Å². The summed E-state index contributed by atoms with van der Waals surface area (Å²) >= 11 is 6.47. The van der Waals surface area contributed by atoms with Crippen molar-refractivity contribution in [3.05, 3.63) is 44.0 Å². The summed E-state index contributed by atoms with van der Waals surface area (Å²) in [7, 11) is 1.25. The van der Waals surface area contributed by atoms with Crippen LogP contribution in [0.1, 0.15) is 16.1 Å². The molecule has 0 aliphatic rings. The SMILES string of the molecule is Cn1nc(C(F)(F)F)cc1-c1cc(Cl)cc2c(O)c(C(=O)C(N)C(=O)O)c(=O)sc12. The molecule has 158 valence electrons. The van der Waals surface area contributed by atoms with E-state index in [1.807, 2.05) is 0 Å². The van der Waals surface area contributed by atoms with E-state index in [0.717, 1.165) is 10.7 Å². The molecule has 1 atom stereocenters. The van der Waals surface area contributed by atoms with Gasteiger partial charge in [0, 0.05) is 23.0 Å². The summed E-state index contributed by atoms with van der Waals surface area (Å²) in [5.41, 5.74) is 3.24. The number of nitrogens with two attached hydrogens (primary N) is 1. The van der Waals surface area contributed by atoms with Crippen LogP contribution in [0, 0.1) is 0 Å². The van der Waals surface area contributed by atoms with E-state index in [4.69, 9.17) is 22.4 Å². The molecule has 30 heavy (non-hydrogen) atoms. The van der Waals surface area contributed by atoms with Gasteiger partial charge < -0.3 is 15.9 Å². The molecule has 0 bridgehead atoms. The van der Waals surface area contributed by atoms with Crippen molar-refractivity contribution in [1.29, 1.82) is 0 Å². The maximum Gasteiger partial charge on any atom is 0.435 e. The Kier molecular flexibility index (Phi) is 5.35. The smallest absolute Gasteiger partial charge is 0.435 e. The van der Waals surface area contributed by atoms with Crippen molar-refractivity contribution < 1.29 is 33.0 Å². The minimum atomic E-state index is -4.72. The van der Waals surface area contributed by atoms with E-state index in [1.54, 1.807) is 0 Å². The van der Waals surface area contributed by atoms with Crippen molar-refractivity contribution in [2.45, 2.75) is 12.2 Å². The lowest BCUT2D eigenvalue weighted by Crippen LogP contribution is -2.40. The lowest BCUT2D eigenvalue weighted by Gasteiger charge is -2.12. The lowest BCUT2D eigenvalue weighted by molar-refractivity contribution is -0.141. The Labute approximate surface area is 173 Å². The van der Waals surface area contributed by atoms with Gasteiger partial charge >= 0.3 is 12.1 Å². The average Bonchev–Trinajstić information content (AvgIpc) is 3.03. The molecule has 13 heteroatoms. The highest BCUT2D eigenvalue weighted by Gasteiger charge is 2.35. The Bertz CT molecular complexity index is 1270. The van der Waals surface area contributed by atoms with Crippen molar-refractivity contribution >= 4 is 44.8 Å². The van der Waals surface area contributed by atoms with Crippen LogP contribution in [0.15, 0.2) is 23.0 Å². The Morgan fingerprint density at radius 1 is 1.30 bits per heavy atom. The molecule has 2 aromatic heterocycles. The van der Waals surface area contributed by atoms with Gasteiger partial charge in [0.05, 0.1) is 10.4 Å². The Hall–Kier alpha value is -2.96. The number of aryl methyl sites for hydroxylation is 1. The molecule has 2 heterocycles. The van der Waals surface area contributed by atoms with E-state index >= 15 is 0 Å². The first kappa shape index (κ1) is 21.7. The summed E-state index contributed by atoms with van der Waals surface area (Å²) in [5.74, 6) is -3.88. The van der Waals surface area contributed by atoms with Gasteiger partial charge in [0.25, 0.3) is 0 Å². The number of benzene rings is 1. The minimum Gasteiger partial charge on any atom is -0.506 e. The lowest BCUT2D eigenvalue weighted by atomic mass is 10.0. The largest absolute Gasteiger partial charge is 0.506 e. The molecule has 4 N–H and O–H groups in total. The van der Waals surface area contributed by atoms with E-state index in [9.17, 15) is 32.7 Å². The number of carboxylic acids is 1. The van der Waals surface area contributed by atoms with Crippen LogP contribution in [0.5, 0.6) is 5.75 Å². The molecule has 0 fully saturated rings. The standard InChI is InChI=1S/C17H11ClF3N3O5S/c1-24-8(4-9(23-24)17(19,20)21)6-2-5(18)3-7-12(25)10(16(29)30-14(6)7)13(26)11(22)15(27)28/h2-4,11,25H,22H2,1H3,(H,27,28). The molecule has 0 amide bonds. The van der Waals surface area contributed by atoms with Gasteiger partial charge in [-0.1, -0.05) is 22.9 Å². The third-order valence-electron chi connectivity index (χ3n) is 4.19. The molecule has 3 aromatic rings. The number of aromatic nitrogens is 2. The zero-order chi connectivity index (χ0) is 22.5. The molecule has 3 rings (SSSR count). The number of alkyl halides is 3. The van der Waals surface area contributed by atoms with E-state index in [-0.39, 0.29) is 26.4 Å². The van der Waals surface area contributed by atoms with Gasteiger partial charge in [-0.2, -0.15) is 18.3 Å². The summed E-state index contributed by atoms with van der Waals surface area (Å²) < 4.78 is 39.0. The molecule has 0 saturated carbocycles. The van der Waals surface area contributed by atoms with Crippen molar-refractivity contribution in [3.63, 3.8) is 0 Å². The number of Topliss-reactive ketones (excluding diaryl/α,β-unsaturated/α-hetero) is 1. The zero-order valence-corrected chi connectivity index (χ0v) is 16.4. The summed E-state index contributed by atoms with van der Waals surface area (Å²) in [6.07, 6.45) is -4.72. The fourth-order valence-corrected chi connectivity index (χ4v) is 4.03. The predicted octanol–water partition coefficient (Wildman–Crippen LogP) is 2.63. The number of ketones is 1. The number of halogens is 4. The summed E-state index contributed by atoms with van der Waals surface area (Å²) in [4.78, 5) is 35.7. The fourth-order valence-electron chi connectivity index (χ4n) is 2.79. The van der Waals surface area contributed by atoms with Crippen LogP contribution < -0.4 is 10.5 Å². The molecule has 8 nitrogen and oxygen atoms in total. The third kappa shape index (κ3) is 3.64. The van der Waals surface area contributed by atoms with Crippen LogP contribution >= 0.6 is 22.9 Å². The number of carbonyl (C=O) groups is 2. The number of carboxylic acid groups (broad SMARTS) is 1. The number of hydrogen-bond donors (Lipinski definition) is 3. The van der Waals surface area contributed by atoms with Crippen LogP contribution in [0.25, 0.3) is 21.3 Å². The van der Waals surface area contributed by atoms with Crippen molar-refractivity contribution in [2.75, 3.05) is 0 Å². The maximum atomic E-state index is 13.0. The van der Waals surface area contributed by atoms with Gasteiger partial charge in [0.1, 0.15) is 11.3 Å². The highest BCUT2D eigenvalue weighted by atomic mass is 35.5. The molecule has 1 aromatic carbocycles. The average molecular weight is 462 g/mol. The first-order chi connectivity index (χ1) is 13.8. The quantitative estimate of drug-likeness (QED) is 0.401. The van der Waals surface area contributed by atoms with Crippen molar-refractivity contribution in [2.24, 2.45) is 12.8 Å². The summed E-state index contributed by atoms with van der Waals surface area (Å²) in [6.45, 7) is 0. The van der Waals surface area contributed by atoms with E-state index in [2.05, 4.69) is 5.10 Å². The zero-order valence-electron chi connectivity index (χ0n) is 14.8.